The predicted octanol–water partition coefficient (Wildman–Crippen LogP) is 3.28. The average Bonchev–Trinajstić information content (AvgIpc) is 3.06. The minimum atomic E-state index is -0.442. The molecule has 0 bridgehead atoms. The van der Waals surface area contributed by atoms with Gasteiger partial charge in [-0.3, -0.25) is 4.90 Å². The topological polar surface area (TPSA) is 45.9 Å². The Hall–Kier alpha value is -1.49. The van der Waals surface area contributed by atoms with Crippen LogP contribution >= 0.6 is 0 Å². The second-order valence-corrected chi connectivity index (χ2v) is 6.73. The molecule has 21 heavy (non-hydrogen) atoms. The van der Waals surface area contributed by atoms with Gasteiger partial charge in [0.25, 0.3) is 0 Å². The van der Waals surface area contributed by atoms with Crippen LogP contribution in [0.5, 0.6) is 0 Å². The van der Waals surface area contributed by atoms with Gasteiger partial charge in [-0.2, -0.15) is 0 Å². The minimum absolute atomic E-state index is 0.198. The number of hydrogen-bond acceptors (Lipinski definition) is 4. The van der Waals surface area contributed by atoms with Crippen LogP contribution in [0.3, 0.4) is 0 Å². The van der Waals surface area contributed by atoms with Gasteiger partial charge in [-0.25, -0.2) is 4.79 Å². The van der Waals surface area contributed by atoms with Crippen molar-refractivity contribution in [2.75, 3.05) is 20.1 Å². The minimum Gasteiger partial charge on any atom is -0.468 e. The summed E-state index contributed by atoms with van der Waals surface area (Å²) in [7, 11) is 2.08. The van der Waals surface area contributed by atoms with Crippen molar-refractivity contribution in [2.45, 2.75) is 51.8 Å². The van der Waals surface area contributed by atoms with E-state index in [1.165, 1.54) is 0 Å². The molecule has 5 heteroatoms. The highest BCUT2D eigenvalue weighted by atomic mass is 16.6. The Morgan fingerprint density at radius 2 is 2.24 bits per heavy atom. The first kappa shape index (κ1) is 15.9. The standard InChI is InChI=1S/C16H26N2O3/c1-12(14-7-6-10-20-14)17(5)13-8-9-18(11-13)15(19)21-16(2,3)4/h6-7,10,12-13H,8-9,11H2,1-5H3/t12-,13+/m1/s1. The highest BCUT2D eigenvalue weighted by molar-refractivity contribution is 5.68. The molecule has 0 saturated carbocycles. The molecule has 0 spiro atoms. The van der Waals surface area contributed by atoms with E-state index in [1.807, 2.05) is 32.9 Å². The lowest BCUT2D eigenvalue weighted by Gasteiger charge is -2.30. The van der Waals surface area contributed by atoms with Crippen LogP contribution in [0.2, 0.25) is 0 Å². The maximum Gasteiger partial charge on any atom is 0.410 e. The molecule has 0 N–H and O–H groups in total. The number of rotatable bonds is 3. The molecule has 1 aromatic heterocycles. The molecular formula is C16H26N2O3. The molecule has 5 nitrogen and oxygen atoms in total. The highest BCUT2D eigenvalue weighted by Crippen LogP contribution is 2.26. The van der Waals surface area contributed by atoms with Gasteiger partial charge in [-0.1, -0.05) is 0 Å². The fourth-order valence-corrected chi connectivity index (χ4v) is 2.61. The molecule has 2 heterocycles. The van der Waals surface area contributed by atoms with E-state index in [0.717, 1.165) is 18.7 Å². The van der Waals surface area contributed by atoms with E-state index in [4.69, 9.17) is 9.15 Å². The van der Waals surface area contributed by atoms with Crippen molar-refractivity contribution < 1.29 is 13.9 Å². The second-order valence-electron chi connectivity index (χ2n) is 6.73. The van der Waals surface area contributed by atoms with E-state index in [9.17, 15) is 4.79 Å². The maximum atomic E-state index is 12.1. The summed E-state index contributed by atoms with van der Waals surface area (Å²) in [6.07, 6.45) is 2.44. The zero-order valence-electron chi connectivity index (χ0n) is 13.6. The molecule has 118 valence electrons. The molecule has 1 saturated heterocycles. The SMILES string of the molecule is C[C@H](c1ccco1)N(C)[C@H]1CCN(C(=O)OC(C)(C)C)C1. The lowest BCUT2D eigenvalue weighted by molar-refractivity contribution is 0.0277. The molecule has 0 unspecified atom stereocenters. The average molecular weight is 294 g/mol. The van der Waals surface area contributed by atoms with E-state index >= 15 is 0 Å². The summed E-state index contributed by atoms with van der Waals surface area (Å²) < 4.78 is 10.9. The zero-order valence-corrected chi connectivity index (χ0v) is 13.6. The van der Waals surface area contributed by atoms with Gasteiger partial charge in [0.05, 0.1) is 12.3 Å². The van der Waals surface area contributed by atoms with E-state index < -0.39 is 5.60 Å². The first-order valence-corrected chi connectivity index (χ1v) is 7.51. The first-order valence-electron chi connectivity index (χ1n) is 7.51. The first-order chi connectivity index (χ1) is 9.78. The molecule has 2 atom stereocenters. The monoisotopic (exact) mass is 294 g/mol. The molecule has 2 rings (SSSR count). The van der Waals surface area contributed by atoms with E-state index in [2.05, 4.69) is 18.9 Å². The maximum absolute atomic E-state index is 12.1. The van der Waals surface area contributed by atoms with E-state index in [1.54, 1.807) is 11.2 Å². The van der Waals surface area contributed by atoms with Gasteiger partial charge >= 0.3 is 6.09 Å². The van der Waals surface area contributed by atoms with Crippen molar-refractivity contribution in [3.8, 4) is 0 Å². The Morgan fingerprint density at radius 1 is 1.52 bits per heavy atom. The number of amides is 1. The van der Waals surface area contributed by atoms with Gasteiger partial charge in [0.15, 0.2) is 0 Å². The Labute approximate surface area is 126 Å². The van der Waals surface area contributed by atoms with Crippen LogP contribution in [0.25, 0.3) is 0 Å². The third-order valence-electron chi connectivity index (χ3n) is 3.96. The van der Waals surface area contributed by atoms with Crippen molar-refractivity contribution in [3.63, 3.8) is 0 Å². The van der Waals surface area contributed by atoms with Crippen LogP contribution in [0.4, 0.5) is 4.79 Å². The summed E-state index contributed by atoms with van der Waals surface area (Å²) in [6.45, 7) is 9.25. The van der Waals surface area contributed by atoms with Crippen molar-refractivity contribution in [2.24, 2.45) is 0 Å². The van der Waals surface area contributed by atoms with E-state index in [0.29, 0.717) is 12.6 Å². The Bertz CT molecular complexity index is 464. The van der Waals surface area contributed by atoms with Crippen LogP contribution in [0, 0.1) is 0 Å². The summed E-state index contributed by atoms with van der Waals surface area (Å²) in [5.41, 5.74) is -0.442. The summed E-state index contributed by atoms with van der Waals surface area (Å²) >= 11 is 0. The van der Waals surface area contributed by atoms with Crippen molar-refractivity contribution in [3.05, 3.63) is 24.2 Å². The van der Waals surface area contributed by atoms with Crippen molar-refractivity contribution in [1.29, 1.82) is 0 Å². The number of furan rings is 1. The van der Waals surface area contributed by atoms with Crippen LogP contribution in [0.1, 0.15) is 45.9 Å². The Morgan fingerprint density at radius 3 is 2.81 bits per heavy atom. The molecule has 1 aliphatic rings. The number of likely N-dealkylation sites (tertiary alicyclic amines) is 1. The molecule has 0 aromatic carbocycles. The van der Waals surface area contributed by atoms with Crippen LogP contribution in [-0.2, 0) is 4.74 Å². The van der Waals surface area contributed by atoms with Gasteiger partial charge in [0, 0.05) is 19.1 Å². The lowest BCUT2D eigenvalue weighted by Crippen LogP contribution is -2.39. The van der Waals surface area contributed by atoms with Gasteiger partial charge in [0.2, 0.25) is 0 Å². The third-order valence-corrected chi connectivity index (χ3v) is 3.96. The number of hydrogen-bond donors (Lipinski definition) is 0. The van der Waals surface area contributed by atoms with Gasteiger partial charge < -0.3 is 14.1 Å². The normalized spacial score (nSPS) is 20.9. The molecule has 1 aromatic rings. The lowest BCUT2D eigenvalue weighted by atomic mass is 10.1. The predicted molar refractivity (Wildman–Crippen MR) is 81.1 cm³/mol. The summed E-state index contributed by atoms with van der Waals surface area (Å²) in [5, 5.41) is 0. The fourth-order valence-electron chi connectivity index (χ4n) is 2.61. The van der Waals surface area contributed by atoms with Gasteiger partial charge in [-0.15, -0.1) is 0 Å². The highest BCUT2D eigenvalue weighted by Gasteiger charge is 2.33. The van der Waals surface area contributed by atoms with E-state index in [-0.39, 0.29) is 12.1 Å². The van der Waals surface area contributed by atoms with Crippen LogP contribution < -0.4 is 0 Å². The second kappa shape index (κ2) is 6.10. The van der Waals surface area contributed by atoms with Crippen molar-refractivity contribution >= 4 is 6.09 Å². The Kier molecular flexibility index (Phi) is 4.61. The molecule has 1 fully saturated rings. The summed E-state index contributed by atoms with van der Waals surface area (Å²) in [6, 6.07) is 4.42. The molecule has 0 aliphatic carbocycles. The number of carbonyl (C=O) groups excluding carboxylic acids is 1. The number of carbonyl (C=O) groups is 1. The molecule has 1 amide bonds. The molecule has 0 radical (unpaired) electrons. The zero-order chi connectivity index (χ0) is 15.6. The third kappa shape index (κ3) is 4.00. The largest absolute Gasteiger partial charge is 0.468 e. The fraction of sp³-hybridized carbons (Fsp3) is 0.688. The smallest absolute Gasteiger partial charge is 0.410 e. The van der Waals surface area contributed by atoms with Crippen LogP contribution in [0.15, 0.2) is 22.8 Å². The van der Waals surface area contributed by atoms with Crippen molar-refractivity contribution in [1.82, 2.24) is 9.80 Å². The van der Waals surface area contributed by atoms with Crippen LogP contribution in [-0.4, -0.2) is 47.7 Å². The van der Waals surface area contributed by atoms with Gasteiger partial charge in [-0.05, 0) is 53.3 Å². The molecular weight excluding hydrogens is 268 g/mol. The number of ether oxygens (including phenoxy) is 1. The van der Waals surface area contributed by atoms with Gasteiger partial charge in [0.1, 0.15) is 11.4 Å². The number of nitrogens with zero attached hydrogens (tertiary/aromatic N) is 2. The quantitative estimate of drug-likeness (QED) is 0.858. The summed E-state index contributed by atoms with van der Waals surface area (Å²) in [4.78, 5) is 16.2. The summed E-state index contributed by atoms with van der Waals surface area (Å²) in [5.74, 6) is 0.952. The number of likely N-dealkylation sites (N-methyl/N-ethyl adjacent to an activating group) is 1. The molecule has 1 aliphatic heterocycles. The Balaban J connectivity index is 1.91.